The monoisotopic (exact) mass is 533 g/mol. The Hall–Kier alpha value is -2.93. The molecule has 2 N–H and O–H groups in total. The summed E-state index contributed by atoms with van der Waals surface area (Å²) in [5.41, 5.74) is -1.12. The molecule has 210 valence electrons. The molecule has 3 heterocycles. The number of aliphatic carboxylic acids is 1. The second-order valence-electron chi connectivity index (χ2n) is 12.1. The Balaban J connectivity index is 1.71. The summed E-state index contributed by atoms with van der Waals surface area (Å²) in [7, 11) is -0.635. The molecular weight excluding hydrogens is 493 g/mol. The van der Waals surface area contributed by atoms with Gasteiger partial charge in [-0.2, -0.15) is 0 Å². The van der Waals surface area contributed by atoms with E-state index in [1.807, 2.05) is 27.7 Å². The number of carboxylic acid groups (broad SMARTS) is 1. The zero-order valence-corrected chi connectivity index (χ0v) is 23.8. The number of carbonyl (C=O) groups excluding carboxylic acids is 2. The Bertz CT molecular complexity index is 1030. The molecule has 0 spiro atoms. The number of hydrogen-bond acceptors (Lipinski definition) is 9. The second kappa shape index (κ2) is 10.7. The van der Waals surface area contributed by atoms with Crippen LogP contribution >= 0.6 is 0 Å². The SMILES string of the molecule is CC(C)[C@@H](NC(=O)OC(C)(C)C)C(=O)N1CCN(c2ncc(B3OC(C)(C)C(C)(C)O3)cn2)[C@H](C(=O)O)C1. The summed E-state index contributed by atoms with van der Waals surface area (Å²) in [4.78, 5) is 49.7. The van der Waals surface area contributed by atoms with Gasteiger partial charge >= 0.3 is 19.2 Å². The summed E-state index contributed by atoms with van der Waals surface area (Å²) in [6.07, 6.45) is 2.44. The Morgan fingerprint density at radius 2 is 1.66 bits per heavy atom. The van der Waals surface area contributed by atoms with Crippen LogP contribution in [0, 0.1) is 5.92 Å². The van der Waals surface area contributed by atoms with Gasteiger partial charge in [0.2, 0.25) is 11.9 Å². The lowest BCUT2D eigenvalue weighted by Crippen LogP contribution is -2.62. The van der Waals surface area contributed by atoms with E-state index in [1.165, 1.54) is 4.90 Å². The van der Waals surface area contributed by atoms with Crippen LogP contribution in [-0.2, 0) is 23.6 Å². The third kappa shape index (κ3) is 6.55. The average Bonchev–Trinajstić information content (AvgIpc) is 3.02. The first-order valence-corrected chi connectivity index (χ1v) is 12.9. The van der Waals surface area contributed by atoms with Crippen molar-refractivity contribution in [3.8, 4) is 0 Å². The smallest absolute Gasteiger partial charge is 0.480 e. The minimum absolute atomic E-state index is 0.0876. The van der Waals surface area contributed by atoms with Crippen LogP contribution in [0.1, 0.15) is 62.3 Å². The van der Waals surface area contributed by atoms with E-state index in [0.29, 0.717) is 5.46 Å². The van der Waals surface area contributed by atoms with Crippen LogP contribution in [-0.4, -0.2) is 93.6 Å². The van der Waals surface area contributed by atoms with Gasteiger partial charge in [-0.15, -0.1) is 0 Å². The number of carbonyl (C=O) groups is 3. The zero-order chi connectivity index (χ0) is 28.6. The van der Waals surface area contributed by atoms with Crippen LogP contribution in [0.15, 0.2) is 12.4 Å². The Morgan fingerprint density at radius 3 is 2.13 bits per heavy atom. The highest BCUT2D eigenvalue weighted by atomic mass is 16.7. The van der Waals surface area contributed by atoms with E-state index in [0.717, 1.165) is 0 Å². The predicted molar refractivity (Wildman–Crippen MR) is 141 cm³/mol. The molecule has 38 heavy (non-hydrogen) atoms. The van der Waals surface area contributed by atoms with Gasteiger partial charge in [0.1, 0.15) is 17.7 Å². The number of alkyl carbamates (subject to hydrolysis) is 1. The maximum atomic E-state index is 13.3. The average molecular weight is 533 g/mol. The van der Waals surface area contributed by atoms with Crippen LogP contribution in [0.4, 0.5) is 10.7 Å². The predicted octanol–water partition coefficient (Wildman–Crippen LogP) is 1.43. The highest BCUT2D eigenvalue weighted by Crippen LogP contribution is 2.36. The quantitative estimate of drug-likeness (QED) is 0.516. The zero-order valence-electron chi connectivity index (χ0n) is 23.8. The van der Waals surface area contributed by atoms with Crippen molar-refractivity contribution in [1.82, 2.24) is 20.2 Å². The van der Waals surface area contributed by atoms with Crippen molar-refractivity contribution in [3.63, 3.8) is 0 Å². The molecule has 0 aliphatic carbocycles. The Labute approximate surface area is 224 Å². The van der Waals surface area contributed by atoms with E-state index < -0.39 is 48.1 Å². The fourth-order valence-corrected chi connectivity index (χ4v) is 4.16. The van der Waals surface area contributed by atoms with E-state index in [4.69, 9.17) is 14.0 Å². The molecule has 2 saturated heterocycles. The summed E-state index contributed by atoms with van der Waals surface area (Å²) in [6, 6.07) is -1.92. The van der Waals surface area contributed by atoms with Crippen molar-refractivity contribution in [2.24, 2.45) is 5.92 Å². The van der Waals surface area contributed by atoms with Crippen molar-refractivity contribution in [1.29, 1.82) is 0 Å². The van der Waals surface area contributed by atoms with Crippen LogP contribution in [0.5, 0.6) is 0 Å². The fourth-order valence-electron chi connectivity index (χ4n) is 4.16. The number of rotatable bonds is 6. The van der Waals surface area contributed by atoms with Gasteiger partial charge in [0.15, 0.2) is 0 Å². The molecule has 0 saturated carbocycles. The largest absolute Gasteiger partial charge is 0.498 e. The normalized spacial score (nSPS) is 21.8. The van der Waals surface area contributed by atoms with Crippen molar-refractivity contribution < 1.29 is 33.5 Å². The number of nitrogens with one attached hydrogen (secondary N) is 1. The number of hydrogen-bond donors (Lipinski definition) is 2. The van der Waals surface area contributed by atoms with Gasteiger partial charge < -0.3 is 34.3 Å². The molecule has 2 atom stereocenters. The highest BCUT2D eigenvalue weighted by Gasteiger charge is 2.52. The molecular formula is C25H40BN5O7. The van der Waals surface area contributed by atoms with Crippen LogP contribution in [0.2, 0.25) is 0 Å². The highest BCUT2D eigenvalue weighted by molar-refractivity contribution is 6.61. The van der Waals surface area contributed by atoms with E-state index in [9.17, 15) is 19.5 Å². The fraction of sp³-hybridized carbons (Fsp3) is 0.720. The minimum Gasteiger partial charge on any atom is -0.480 e. The standard InChI is InChI=1S/C25H40BN5O7/c1-15(2)18(29-22(35)36-23(3,4)5)19(32)30-10-11-31(17(14-30)20(33)34)21-27-12-16(13-28-21)26-37-24(6,7)25(8,9)38-26/h12-13,15,17-18H,10-11,14H2,1-9H3,(H,29,35)(H,33,34)/t17-,18+/m0/s1. The number of nitrogens with zero attached hydrogens (tertiary/aromatic N) is 4. The lowest BCUT2D eigenvalue weighted by atomic mass is 9.81. The number of aromatic nitrogens is 2. The molecule has 1 aromatic rings. The summed E-state index contributed by atoms with van der Waals surface area (Å²) in [5, 5.41) is 12.6. The van der Waals surface area contributed by atoms with Gasteiger partial charge in [0.05, 0.1) is 17.7 Å². The molecule has 2 fully saturated rings. The van der Waals surface area contributed by atoms with E-state index in [1.54, 1.807) is 51.9 Å². The second-order valence-corrected chi connectivity index (χ2v) is 12.1. The van der Waals surface area contributed by atoms with Gasteiger partial charge in [-0.3, -0.25) is 4.79 Å². The van der Waals surface area contributed by atoms with Crippen molar-refractivity contribution in [2.45, 2.75) is 91.2 Å². The van der Waals surface area contributed by atoms with Crippen LogP contribution < -0.4 is 15.7 Å². The number of piperazine rings is 1. The maximum absolute atomic E-state index is 13.3. The van der Waals surface area contributed by atoms with Gasteiger partial charge in [-0.1, -0.05) is 13.8 Å². The van der Waals surface area contributed by atoms with E-state index in [2.05, 4.69) is 15.3 Å². The molecule has 0 aromatic carbocycles. The molecule has 13 heteroatoms. The number of anilines is 1. The van der Waals surface area contributed by atoms with Gasteiger partial charge in [0, 0.05) is 30.9 Å². The first-order chi connectivity index (χ1) is 17.4. The van der Waals surface area contributed by atoms with Gasteiger partial charge in [-0.05, 0) is 54.4 Å². The van der Waals surface area contributed by atoms with Gasteiger partial charge in [0.25, 0.3) is 0 Å². The summed E-state index contributed by atoms with van der Waals surface area (Å²) < 4.78 is 17.4. The lowest BCUT2D eigenvalue weighted by molar-refractivity contribution is -0.142. The summed E-state index contributed by atoms with van der Waals surface area (Å²) in [6.45, 7) is 17.0. The minimum atomic E-state index is -1.11. The van der Waals surface area contributed by atoms with E-state index >= 15 is 0 Å². The maximum Gasteiger partial charge on any atom is 0.498 e. The van der Waals surface area contributed by atoms with Crippen molar-refractivity contribution in [2.75, 3.05) is 24.5 Å². The van der Waals surface area contributed by atoms with E-state index in [-0.39, 0.29) is 37.4 Å². The topological polar surface area (TPSA) is 143 Å². The molecule has 12 nitrogen and oxygen atoms in total. The number of amides is 2. The lowest BCUT2D eigenvalue weighted by Gasteiger charge is -2.41. The summed E-state index contributed by atoms with van der Waals surface area (Å²) in [5.74, 6) is -1.48. The molecule has 3 rings (SSSR count). The molecule has 0 radical (unpaired) electrons. The molecule has 1 aromatic heterocycles. The summed E-state index contributed by atoms with van der Waals surface area (Å²) >= 11 is 0. The third-order valence-corrected chi connectivity index (χ3v) is 7.02. The third-order valence-electron chi connectivity index (χ3n) is 7.02. The molecule has 2 amide bonds. The molecule has 2 aliphatic heterocycles. The first-order valence-electron chi connectivity index (χ1n) is 12.9. The van der Waals surface area contributed by atoms with Crippen LogP contribution in [0.3, 0.4) is 0 Å². The first kappa shape index (κ1) is 29.6. The number of ether oxygens (including phenoxy) is 1. The Kier molecular flexibility index (Phi) is 8.33. The number of carboxylic acids is 1. The molecule has 0 bridgehead atoms. The van der Waals surface area contributed by atoms with Crippen LogP contribution in [0.25, 0.3) is 0 Å². The Morgan fingerprint density at radius 1 is 1.11 bits per heavy atom. The molecule has 0 unspecified atom stereocenters. The molecule has 2 aliphatic rings. The van der Waals surface area contributed by atoms with Crippen molar-refractivity contribution in [3.05, 3.63) is 12.4 Å². The van der Waals surface area contributed by atoms with Gasteiger partial charge in [-0.25, -0.2) is 19.6 Å². The van der Waals surface area contributed by atoms with Crippen molar-refractivity contribution >= 4 is 36.5 Å².